The first-order valence-corrected chi connectivity index (χ1v) is 11.9. The lowest BCUT2D eigenvalue weighted by Gasteiger charge is -2.34. The van der Waals surface area contributed by atoms with E-state index in [1.807, 2.05) is 7.05 Å². The van der Waals surface area contributed by atoms with Crippen LogP contribution in [-0.4, -0.2) is 61.3 Å². The number of aliphatic imine (C=N–C) groups is 1. The third-order valence-electron chi connectivity index (χ3n) is 6.63. The van der Waals surface area contributed by atoms with Crippen molar-refractivity contribution in [2.24, 2.45) is 4.99 Å². The molecular weight excluding hydrogens is 525 g/mol. The molecule has 0 bridgehead atoms. The predicted molar refractivity (Wildman–Crippen MR) is 147 cm³/mol. The van der Waals surface area contributed by atoms with Crippen LogP contribution in [0.5, 0.6) is 0 Å². The zero-order chi connectivity index (χ0) is 22.2. The van der Waals surface area contributed by atoms with Crippen LogP contribution in [0.2, 0.25) is 0 Å². The van der Waals surface area contributed by atoms with Crippen LogP contribution in [-0.2, 0) is 13.1 Å². The Hall–Kier alpha value is -1.84. The number of nitrogens with one attached hydrogen (secondary N) is 2. The topological polar surface area (TPSA) is 63.1 Å². The molecule has 2 aromatic rings. The van der Waals surface area contributed by atoms with Crippen molar-refractivity contribution in [3.8, 4) is 0 Å². The van der Waals surface area contributed by atoms with Crippen molar-refractivity contribution in [1.82, 2.24) is 15.5 Å². The Morgan fingerprint density at radius 3 is 2.18 bits per heavy atom. The molecule has 0 aliphatic carbocycles. The number of likely N-dealkylation sites (tertiary alicyclic amines) is 1. The second-order valence-corrected chi connectivity index (χ2v) is 8.99. The van der Waals surface area contributed by atoms with Crippen molar-refractivity contribution in [1.29, 1.82) is 0 Å². The Bertz CT molecular complexity index is 845. The molecule has 6 nitrogen and oxygen atoms in total. The van der Waals surface area contributed by atoms with Crippen LogP contribution in [0.1, 0.15) is 36.8 Å². The number of piperidine rings is 2. The number of guanidine groups is 1. The summed E-state index contributed by atoms with van der Waals surface area (Å²) in [4.78, 5) is 9.31. The number of benzene rings is 2. The molecule has 33 heavy (non-hydrogen) atoms. The number of nitrogens with zero attached hydrogens (tertiary/aromatic N) is 3. The summed E-state index contributed by atoms with van der Waals surface area (Å²) in [6, 6.07) is 20.0. The van der Waals surface area contributed by atoms with Gasteiger partial charge in [0.25, 0.3) is 0 Å². The molecule has 2 aromatic carbocycles. The van der Waals surface area contributed by atoms with E-state index >= 15 is 0 Å². The van der Waals surface area contributed by atoms with Gasteiger partial charge in [-0.2, -0.15) is 0 Å². The van der Waals surface area contributed by atoms with Crippen LogP contribution < -0.4 is 15.5 Å². The molecule has 0 unspecified atom stereocenters. The normalized spacial score (nSPS) is 18.6. The highest BCUT2D eigenvalue weighted by atomic mass is 127. The SMILES string of the molecule is CN=C(NCc1ccc(CN2CCC(O)CC2)cc1)NC1CCN(c2ccccc2)CC1.I. The summed E-state index contributed by atoms with van der Waals surface area (Å²) < 4.78 is 0. The largest absolute Gasteiger partial charge is 0.393 e. The van der Waals surface area contributed by atoms with Crippen molar-refractivity contribution < 1.29 is 5.11 Å². The Balaban J connectivity index is 0.00000306. The lowest BCUT2D eigenvalue weighted by Crippen LogP contribution is -2.48. The van der Waals surface area contributed by atoms with Crippen LogP contribution in [0.4, 0.5) is 5.69 Å². The lowest BCUT2D eigenvalue weighted by molar-refractivity contribution is 0.0792. The number of hydrogen-bond donors (Lipinski definition) is 3. The van der Waals surface area contributed by atoms with Gasteiger partial charge in [0.15, 0.2) is 5.96 Å². The fourth-order valence-corrected chi connectivity index (χ4v) is 4.59. The van der Waals surface area contributed by atoms with E-state index in [9.17, 15) is 5.11 Å². The molecule has 0 amide bonds. The molecular formula is C26H38IN5O. The van der Waals surface area contributed by atoms with Crippen LogP contribution in [0, 0.1) is 0 Å². The third-order valence-corrected chi connectivity index (χ3v) is 6.63. The fraction of sp³-hybridized carbons (Fsp3) is 0.500. The van der Waals surface area contributed by atoms with E-state index in [4.69, 9.17) is 0 Å². The molecule has 0 saturated carbocycles. The second-order valence-electron chi connectivity index (χ2n) is 8.99. The highest BCUT2D eigenvalue weighted by Crippen LogP contribution is 2.19. The predicted octanol–water partition coefficient (Wildman–Crippen LogP) is 3.60. The van der Waals surface area contributed by atoms with Crippen molar-refractivity contribution in [3.05, 3.63) is 65.7 Å². The van der Waals surface area contributed by atoms with Gasteiger partial charge in [-0.3, -0.25) is 9.89 Å². The maximum Gasteiger partial charge on any atom is 0.191 e. The van der Waals surface area contributed by atoms with E-state index in [0.717, 1.165) is 70.9 Å². The molecule has 0 radical (unpaired) electrons. The van der Waals surface area contributed by atoms with Gasteiger partial charge in [0.05, 0.1) is 6.10 Å². The smallest absolute Gasteiger partial charge is 0.191 e. The Morgan fingerprint density at radius 1 is 0.909 bits per heavy atom. The summed E-state index contributed by atoms with van der Waals surface area (Å²) in [7, 11) is 1.84. The summed E-state index contributed by atoms with van der Waals surface area (Å²) >= 11 is 0. The standard InChI is InChI=1S/C26H37N5O.HI/c1-27-26(29-23-11-17-31(18-12-23)24-5-3-2-4-6-24)28-19-21-7-9-22(10-8-21)20-30-15-13-25(32)14-16-30;/h2-10,23,25,32H,11-20H2,1H3,(H2,27,28,29);1H. The summed E-state index contributed by atoms with van der Waals surface area (Å²) in [5.41, 5.74) is 3.90. The third kappa shape index (κ3) is 7.86. The van der Waals surface area contributed by atoms with E-state index < -0.39 is 0 Å². The number of hydrogen-bond acceptors (Lipinski definition) is 4. The van der Waals surface area contributed by atoms with Gasteiger partial charge in [-0.1, -0.05) is 42.5 Å². The maximum atomic E-state index is 9.67. The van der Waals surface area contributed by atoms with Crippen molar-refractivity contribution in [2.45, 2.75) is 50.9 Å². The average molecular weight is 564 g/mol. The molecule has 3 N–H and O–H groups in total. The van der Waals surface area contributed by atoms with Gasteiger partial charge in [-0.25, -0.2) is 0 Å². The molecule has 2 aliphatic heterocycles. The van der Waals surface area contributed by atoms with Crippen LogP contribution in [0.3, 0.4) is 0 Å². The number of para-hydroxylation sites is 1. The van der Waals surface area contributed by atoms with E-state index in [2.05, 4.69) is 80.0 Å². The maximum absolute atomic E-state index is 9.67. The highest BCUT2D eigenvalue weighted by Gasteiger charge is 2.20. The fourth-order valence-electron chi connectivity index (χ4n) is 4.59. The molecule has 0 aromatic heterocycles. The van der Waals surface area contributed by atoms with Gasteiger partial charge in [0.1, 0.15) is 0 Å². The quantitative estimate of drug-likeness (QED) is 0.285. The molecule has 4 rings (SSSR count). The zero-order valence-electron chi connectivity index (χ0n) is 19.6. The molecule has 7 heteroatoms. The van der Waals surface area contributed by atoms with Gasteiger partial charge in [0.2, 0.25) is 0 Å². The van der Waals surface area contributed by atoms with Crippen LogP contribution >= 0.6 is 24.0 Å². The molecule has 0 atom stereocenters. The first kappa shape index (κ1) is 25.8. The van der Waals surface area contributed by atoms with Gasteiger partial charge in [-0.15, -0.1) is 24.0 Å². The first-order chi connectivity index (χ1) is 15.7. The summed E-state index contributed by atoms with van der Waals surface area (Å²) in [6.07, 6.45) is 3.88. The van der Waals surface area contributed by atoms with E-state index in [0.29, 0.717) is 6.04 Å². The van der Waals surface area contributed by atoms with Crippen LogP contribution in [0.15, 0.2) is 59.6 Å². The lowest BCUT2D eigenvalue weighted by atomic mass is 10.0. The number of anilines is 1. The van der Waals surface area contributed by atoms with Crippen molar-refractivity contribution in [3.63, 3.8) is 0 Å². The summed E-state index contributed by atoms with van der Waals surface area (Å²) in [5, 5.41) is 16.7. The number of aliphatic hydroxyl groups excluding tert-OH is 1. The minimum absolute atomic E-state index is 0. The summed E-state index contributed by atoms with van der Waals surface area (Å²) in [5.74, 6) is 0.874. The van der Waals surface area contributed by atoms with Crippen LogP contribution in [0.25, 0.3) is 0 Å². The van der Waals surface area contributed by atoms with Gasteiger partial charge in [0, 0.05) is 58.0 Å². The Kier molecular flexibility index (Phi) is 10.3. The molecule has 180 valence electrons. The number of rotatable bonds is 6. The highest BCUT2D eigenvalue weighted by molar-refractivity contribution is 14.0. The average Bonchev–Trinajstić information content (AvgIpc) is 2.85. The Labute approximate surface area is 215 Å². The first-order valence-electron chi connectivity index (χ1n) is 11.9. The molecule has 2 aliphatic rings. The van der Waals surface area contributed by atoms with Gasteiger partial charge >= 0.3 is 0 Å². The van der Waals surface area contributed by atoms with Gasteiger partial charge in [-0.05, 0) is 48.9 Å². The second kappa shape index (κ2) is 13.2. The van der Waals surface area contributed by atoms with E-state index in [1.54, 1.807) is 0 Å². The summed E-state index contributed by atoms with van der Waals surface area (Å²) in [6.45, 7) is 5.82. The minimum atomic E-state index is -0.112. The van der Waals surface area contributed by atoms with Crippen molar-refractivity contribution in [2.75, 3.05) is 38.1 Å². The van der Waals surface area contributed by atoms with E-state index in [-0.39, 0.29) is 30.1 Å². The molecule has 0 spiro atoms. The van der Waals surface area contributed by atoms with E-state index in [1.165, 1.54) is 16.8 Å². The molecule has 2 fully saturated rings. The molecule has 2 heterocycles. The minimum Gasteiger partial charge on any atom is -0.393 e. The monoisotopic (exact) mass is 563 g/mol. The number of halogens is 1. The number of aliphatic hydroxyl groups is 1. The van der Waals surface area contributed by atoms with Crippen molar-refractivity contribution >= 4 is 35.6 Å². The van der Waals surface area contributed by atoms with Gasteiger partial charge < -0.3 is 20.6 Å². The molecule has 2 saturated heterocycles. The zero-order valence-corrected chi connectivity index (χ0v) is 21.9. The Morgan fingerprint density at radius 2 is 1.55 bits per heavy atom.